The Hall–Kier alpha value is 0. The number of hydrogen-bond donors (Lipinski definition) is 0. The minimum absolute atomic E-state index is 0.893. The first-order chi connectivity index (χ1) is 7.60. The summed E-state index contributed by atoms with van der Waals surface area (Å²) >= 11 is 0. The Balaban J connectivity index is 2.28. The van der Waals surface area contributed by atoms with E-state index < -0.39 is 0 Å². The molecule has 0 aliphatic heterocycles. The van der Waals surface area contributed by atoms with Gasteiger partial charge in [0.15, 0.2) is 0 Å². The van der Waals surface area contributed by atoms with Gasteiger partial charge in [0.1, 0.15) is 0 Å². The van der Waals surface area contributed by atoms with Crippen LogP contribution in [0.5, 0.6) is 0 Å². The van der Waals surface area contributed by atoms with E-state index in [1.165, 1.54) is 38.5 Å². The van der Waals surface area contributed by atoms with E-state index in [4.69, 9.17) is 0 Å². The highest BCUT2D eigenvalue weighted by atomic mass is 14.5. The molecular weight excluding hydrogens is 192 g/mol. The van der Waals surface area contributed by atoms with Crippen LogP contribution in [0.3, 0.4) is 0 Å². The number of hydrogen-bond acceptors (Lipinski definition) is 0. The zero-order chi connectivity index (χ0) is 12.1. The second-order valence-corrected chi connectivity index (χ2v) is 6.43. The average Bonchev–Trinajstić information content (AvgIpc) is 3.02. The fraction of sp³-hybridized carbons (Fsp3) is 1.00. The molecule has 4 unspecified atom stereocenters. The van der Waals surface area contributed by atoms with E-state index in [-0.39, 0.29) is 0 Å². The maximum absolute atomic E-state index is 2.45. The van der Waals surface area contributed by atoms with Gasteiger partial charge in [0, 0.05) is 0 Å². The van der Waals surface area contributed by atoms with E-state index in [1.54, 1.807) is 0 Å². The first-order valence-electron chi connectivity index (χ1n) is 7.60. The van der Waals surface area contributed by atoms with Crippen LogP contribution in [0.2, 0.25) is 0 Å². The van der Waals surface area contributed by atoms with Crippen LogP contribution in [0.15, 0.2) is 0 Å². The Labute approximate surface area is 103 Å². The molecule has 1 aliphatic carbocycles. The molecule has 0 bridgehead atoms. The van der Waals surface area contributed by atoms with Crippen molar-refractivity contribution in [2.75, 3.05) is 0 Å². The molecule has 0 nitrogen and oxygen atoms in total. The van der Waals surface area contributed by atoms with Crippen molar-refractivity contribution >= 4 is 0 Å². The maximum Gasteiger partial charge on any atom is -0.0357 e. The Kier molecular flexibility index (Phi) is 5.86. The van der Waals surface area contributed by atoms with Gasteiger partial charge in [-0.25, -0.2) is 0 Å². The lowest BCUT2D eigenvalue weighted by Crippen LogP contribution is -2.11. The van der Waals surface area contributed by atoms with Gasteiger partial charge in [-0.3, -0.25) is 0 Å². The molecule has 16 heavy (non-hydrogen) atoms. The molecule has 0 N–H and O–H groups in total. The summed E-state index contributed by atoms with van der Waals surface area (Å²) in [5.74, 6) is 5.03. The molecule has 0 saturated heterocycles. The van der Waals surface area contributed by atoms with Gasteiger partial charge in [-0.05, 0) is 42.4 Å². The minimum atomic E-state index is 0.893. The van der Waals surface area contributed by atoms with Crippen molar-refractivity contribution in [3.8, 4) is 0 Å². The van der Waals surface area contributed by atoms with Crippen LogP contribution in [0.25, 0.3) is 0 Å². The van der Waals surface area contributed by atoms with E-state index in [2.05, 4.69) is 34.6 Å². The lowest BCUT2D eigenvalue weighted by atomic mass is 9.85. The SMILES string of the molecule is CCCCC(CC1CC1C(C)CC)C(C)C. The van der Waals surface area contributed by atoms with E-state index in [0.717, 1.165) is 29.6 Å². The Morgan fingerprint density at radius 2 is 1.81 bits per heavy atom. The summed E-state index contributed by atoms with van der Waals surface area (Å²) in [5, 5.41) is 0. The van der Waals surface area contributed by atoms with E-state index in [0.29, 0.717) is 0 Å². The molecule has 1 rings (SSSR count). The Morgan fingerprint density at radius 3 is 2.31 bits per heavy atom. The molecule has 4 atom stereocenters. The van der Waals surface area contributed by atoms with Gasteiger partial charge < -0.3 is 0 Å². The molecule has 1 aliphatic rings. The predicted octanol–water partition coefficient (Wildman–Crippen LogP) is 5.52. The topological polar surface area (TPSA) is 0 Å². The largest absolute Gasteiger partial charge is 0.0654 e. The van der Waals surface area contributed by atoms with Crippen molar-refractivity contribution in [3.05, 3.63) is 0 Å². The van der Waals surface area contributed by atoms with Gasteiger partial charge >= 0.3 is 0 Å². The van der Waals surface area contributed by atoms with Crippen molar-refractivity contribution in [2.24, 2.45) is 29.6 Å². The van der Waals surface area contributed by atoms with Crippen molar-refractivity contribution in [1.82, 2.24) is 0 Å². The summed E-state index contributed by atoms with van der Waals surface area (Å²) in [6.07, 6.45) is 8.70. The molecule has 0 aromatic carbocycles. The van der Waals surface area contributed by atoms with Gasteiger partial charge in [0.25, 0.3) is 0 Å². The molecule has 0 heterocycles. The molecule has 96 valence electrons. The second-order valence-electron chi connectivity index (χ2n) is 6.43. The molecule has 0 aromatic rings. The molecule has 0 amide bonds. The third-order valence-corrected chi connectivity index (χ3v) is 4.83. The van der Waals surface area contributed by atoms with Crippen LogP contribution in [0, 0.1) is 29.6 Å². The quantitative estimate of drug-likeness (QED) is 0.509. The zero-order valence-electron chi connectivity index (χ0n) is 12.1. The Bertz CT molecular complexity index is 182. The van der Waals surface area contributed by atoms with Gasteiger partial charge in [0.2, 0.25) is 0 Å². The van der Waals surface area contributed by atoms with Crippen LogP contribution in [0.4, 0.5) is 0 Å². The summed E-state index contributed by atoms with van der Waals surface area (Å²) in [6, 6.07) is 0. The van der Waals surface area contributed by atoms with E-state index in [9.17, 15) is 0 Å². The highest BCUT2D eigenvalue weighted by Crippen LogP contribution is 2.50. The molecule has 0 aromatic heterocycles. The van der Waals surface area contributed by atoms with E-state index >= 15 is 0 Å². The Morgan fingerprint density at radius 1 is 1.12 bits per heavy atom. The third-order valence-electron chi connectivity index (χ3n) is 4.83. The van der Waals surface area contributed by atoms with Gasteiger partial charge in [0.05, 0.1) is 0 Å². The molecule has 0 spiro atoms. The summed E-state index contributed by atoms with van der Waals surface area (Å²) in [5.41, 5.74) is 0. The van der Waals surface area contributed by atoms with Gasteiger partial charge in [-0.1, -0.05) is 60.3 Å². The first kappa shape index (κ1) is 14.1. The van der Waals surface area contributed by atoms with Crippen LogP contribution < -0.4 is 0 Å². The monoisotopic (exact) mass is 224 g/mol. The van der Waals surface area contributed by atoms with Crippen molar-refractivity contribution in [2.45, 2.75) is 73.1 Å². The molecule has 0 radical (unpaired) electrons. The van der Waals surface area contributed by atoms with Gasteiger partial charge in [-0.2, -0.15) is 0 Å². The fourth-order valence-electron chi connectivity index (χ4n) is 3.12. The highest BCUT2D eigenvalue weighted by Gasteiger charge is 2.41. The van der Waals surface area contributed by atoms with Crippen LogP contribution in [-0.4, -0.2) is 0 Å². The fourth-order valence-corrected chi connectivity index (χ4v) is 3.12. The summed E-state index contributed by atoms with van der Waals surface area (Å²) < 4.78 is 0. The highest BCUT2D eigenvalue weighted by molar-refractivity contribution is 4.90. The van der Waals surface area contributed by atoms with Crippen LogP contribution in [0.1, 0.15) is 73.1 Å². The van der Waals surface area contributed by atoms with Gasteiger partial charge in [-0.15, -0.1) is 0 Å². The second kappa shape index (κ2) is 6.67. The normalized spacial score (nSPS) is 28.1. The minimum Gasteiger partial charge on any atom is -0.0654 e. The first-order valence-corrected chi connectivity index (χ1v) is 7.60. The number of unbranched alkanes of at least 4 members (excludes halogenated alkanes) is 1. The molecule has 1 fully saturated rings. The maximum atomic E-state index is 2.45. The average molecular weight is 224 g/mol. The van der Waals surface area contributed by atoms with E-state index in [1.807, 2.05) is 0 Å². The van der Waals surface area contributed by atoms with Crippen molar-refractivity contribution < 1.29 is 0 Å². The molecule has 0 heteroatoms. The summed E-state index contributed by atoms with van der Waals surface area (Å²) in [4.78, 5) is 0. The van der Waals surface area contributed by atoms with Crippen molar-refractivity contribution in [1.29, 1.82) is 0 Å². The number of rotatable bonds is 8. The zero-order valence-corrected chi connectivity index (χ0v) is 12.1. The lowest BCUT2D eigenvalue weighted by Gasteiger charge is -2.21. The summed E-state index contributed by atoms with van der Waals surface area (Å²) in [7, 11) is 0. The van der Waals surface area contributed by atoms with Crippen molar-refractivity contribution in [3.63, 3.8) is 0 Å². The summed E-state index contributed by atoms with van der Waals surface area (Å²) in [6.45, 7) is 11.9. The van der Waals surface area contributed by atoms with Crippen LogP contribution >= 0.6 is 0 Å². The third kappa shape index (κ3) is 4.11. The standard InChI is InChI=1S/C16H32/c1-6-8-9-14(12(3)4)10-15-11-16(15)13(5)7-2/h12-16H,6-11H2,1-5H3. The predicted molar refractivity (Wildman–Crippen MR) is 73.5 cm³/mol. The molecular formula is C16H32. The lowest BCUT2D eigenvalue weighted by molar-refractivity contribution is 0.298. The van der Waals surface area contributed by atoms with Crippen LogP contribution in [-0.2, 0) is 0 Å². The smallest absolute Gasteiger partial charge is 0.0357 e. The molecule has 1 saturated carbocycles.